The van der Waals surface area contributed by atoms with Crippen LogP contribution in [0.25, 0.3) is 0 Å². The van der Waals surface area contributed by atoms with Crippen LogP contribution in [-0.4, -0.2) is 24.2 Å². The van der Waals surface area contributed by atoms with Crippen molar-refractivity contribution in [2.75, 3.05) is 5.32 Å². The van der Waals surface area contributed by atoms with E-state index >= 15 is 0 Å². The van der Waals surface area contributed by atoms with Crippen LogP contribution in [0.3, 0.4) is 0 Å². The molecule has 8 heteroatoms. The highest BCUT2D eigenvalue weighted by Gasteiger charge is 2.22. The van der Waals surface area contributed by atoms with Gasteiger partial charge in [0.05, 0.1) is 11.9 Å². The molecule has 0 saturated heterocycles. The topological polar surface area (TPSA) is 93.1 Å². The molecule has 1 aliphatic carbocycles. The van der Waals surface area contributed by atoms with Crippen molar-refractivity contribution in [1.29, 1.82) is 0 Å². The third-order valence-corrected chi connectivity index (χ3v) is 5.90. The Balaban J connectivity index is 1.78. The number of aromatic nitrogens is 2. The van der Waals surface area contributed by atoms with Crippen LogP contribution in [0.2, 0.25) is 0 Å². The van der Waals surface area contributed by atoms with Gasteiger partial charge in [-0.15, -0.1) is 0 Å². The number of urea groups is 1. The normalized spacial score (nSPS) is 13.5. The second-order valence-corrected chi connectivity index (χ2v) is 8.45. The monoisotopic (exact) mass is 376 g/mol. The van der Waals surface area contributed by atoms with E-state index in [1.165, 1.54) is 16.4 Å². The van der Waals surface area contributed by atoms with Crippen molar-refractivity contribution in [2.24, 2.45) is 7.05 Å². The summed E-state index contributed by atoms with van der Waals surface area (Å²) in [5.41, 5.74) is 5.86. The summed E-state index contributed by atoms with van der Waals surface area (Å²) in [6.07, 6.45) is 6.81. The standard InChI is InChI=1S/C18H24N4O3S/c1-4-15-12(2)8-14-6-5-7-16(14)17(15)20-18(23)21-26(24,25)11-13-9-19-22(3)10-13/h8-10H,4-7,11H2,1-3H3,(H2,20,21,23). The summed E-state index contributed by atoms with van der Waals surface area (Å²) in [5, 5.41) is 6.74. The van der Waals surface area contributed by atoms with E-state index in [2.05, 4.69) is 21.2 Å². The smallest absolute Gasteiger partial charge is 0.307 e. The van der Waals surface area contributed by atoms with E-state index in [-0.39, 0.29) is 5.75 Å². The molecule has 1 aliphatic rings. The van der Waals surface area contributed by atoms with Crippen LogP contribution in [0.15, 0.2) is 18.5 Å². The van der Waals surface area contributed by atoms with E-state index in [9.17, 15) is 13.2 Å². The second-order valence-electron chi connectivity index (χ2n) is 6.73. The Morgan fingerprint density at radius 1 is 1.35 bits per heavy atom. The lowest BCUT2D eigenvalue weighted by atomic mass is 9.96. The van der Waals surface area contributed by atoms with Crippen LogP contribution < -0.4 is 10.0 Å². The Bertz CT molecular complexity index is 944. The van der Waals surface area contributed by atoms with Crippen molar-refractivity contribution in [3.05, 3.63) is 46.3 Å². The molecule has 1 heterocycles. The third kappa shape index (κ3) is 3.90. The Hall–Kier alpha value is -2.35. The molecular weight excluding hydrogens is 352 g/mol. The number of amides is 2. The molecule has 0 fully saturated rings. The maximum atomic E-state index is 12.4. The Labute approximate surface area is 153 Å². The number of carbonyl (C=O) groups excluding carboxylic acids is 1. The fraction of sp³-hybridized carbons (Fsp3) is 0.444. The maximum absolute atomic E-state index is 12.4. The first-order valence-corrected chi connectivity index (χ1v) is 10.4. The molecule has 2 amide bonds. The lowest BCUT2D eigenvalue weighted by Gasteiger charge is -2.18. The van der Waals surface area contributed by atoms with E-state index in [0.29, 0.717) is 5.56 Å². The molecule has 140 valence electrons. The van der Waals surface area contributed by atoms with Crippen LogP contribution in [0, 0.1) is 6.92 Å². The summed E-state index contributed by atoms with van der Waals surface area (Å²) in [6.45, 7) is 4.06. The quantitative estimate of drug-likeness (QED) is 0.838. The molecule has 7 nitrogen and oxygen atoms in total. The van der Waals surface area contributed by atoms with Gasteiger partial charge in [-0.3, -0.25) is 4.68 Å². The molecule has 0 saturated carbocycles. The second kappa shape index (κ2) is 7.11. The number of hydrogen-bond donors (Lipinski definition) is 2. The zero-order valence-electron chi connectivity index (χ0n) is 15.3. The zero-order valence-corrected chi connectivity index (χ0v) is 16.1. The van der Waals surface area contributed by atoms with Crippen molar-refractivity contribution < 1.29 is 13.2 Å². The molecule has 0 atom stereocenters. The molecule has 26 heavy (non-hydrogen) atoms. The van der Waals surface area contributed by atoms with E-state index in [4.69, 9.17) is 0 Å². The van der Waals surface area contributed by atoms with Gasteiger partial charge in [-0.2, -0.15) is 5.10 Å². The van der Waals surface area contributed by atoms with Gasteiger partial charge in [0.25, 0.3) is 0 Å². The van der Waals surface area contributed by atoms with Crippen LogP contribution in [0.4, 0.5) is 10.5 Å². The largest absolute Gasteiger partial charge is 0.332 e. The SMILES string of the molecule is CCc1c(C)cc2c(c1NC(=O)NS(=O)(=O)Cc1cnn(C)c1)CCC2. The molecule has 0 unspecified atom stereocenters. The van der Waals surface area contributed by atoms with Crippen molar-refractivity contribution in [3.8, 4) is 0 Å². The van der Waals surface area contributed by atoms with Gasteiger partial charge < -0.3 is 5.32 Å². The number of nitrogens with one attached hydrogen (secondary N) is 2. The maximum Gasteiger partial charge on any atom is 0.332 e. The highest BCUT2D eigenvalue weighted by Crippen LogP contribution is 2.34. The number of carbonyl (C=O) groups is 1. The van der Waals surface area contributed by atoms with Crippen LogP contribution >= 0.6 is 0 Å². The van der Waals surface area contributed by atoms with Gasteiger partial charge in [-0.25, -0.2) is 17.9 Å². The molecule has 0 radical (unpaired) electrons. The number of benzene rings is 1. The lowest BCUT2D eigenvalue weighted by molar-refractivity contribution is 0.256. The van der Waals surface area contributed by atoms with Crippen molar-refractivity contribution in [1.82, 2.24) is 14.5 Å². The predicted octanol–water partition coefficient (Wildman–Crippen LogP) is 2.43. The molecule has 0 spiro atoms. The highest BCUT2D eigenvalue weighted by atomic mass is 32.2. The van der Waals surface area contributed by atoms with Crippen molar-refractivity contribution in [3.63, 3.8) is 0 Å². The summed E-state index contributed by atoms with van der Waals surface area (Å²) in [4.78, 5) is 12.4. The fourth-order valence-electron chi connectivity index (χ4n) is 3.63. The van der Waals surface area contributed by atoms with Gasteiger partial charge in [-0.1, -0.05) is 13.0 Å². The minimum Gasteiger partial charge on any atom is -0.307 e. The van der Waals surface area contributed by atoms with Gasteiger partial charge >= 0.3 is 6.03 Å². The molecule has 3 rings (SSSR count). The lowest BCUT2D eigenvalue weighted by Crippen LogP contribution is -2.35. The summed E-state index contributed by atoms with van der Waals surface area (Å²) < 4.78 is 28.1. The highest BCUT2D eigenvalue weighted by molar-refractivity contribution is 7.89. The first-order chi connectivity index (χ1) is 12.3. The molecular formula is C18H24N4O3S. The summed E-state index contributed by atoms with van der Waals surface area (Å²) in [5.74, 6) is -0.291. The molecule has 0 aliphatic heterocycles. The predicted molar refractivity (Wildman–Crippen MR) is 101 cm³/mol. The van der Waals surface area contributed by atoms with Crippen LogP contribution in [0.5, 0.6) is 0 Å². The van der Waals surface area contributed by atoms with Crippen LogP contribution in [0.1, 0.15) is 41.2 Å². The number of aryl methyl sites for hydroxylation is 3. The van der Waals surface area contributed by atoms with Gasteiger partial charge in [-0.05, 0) is 54.9 Å². The summed E-state index contributed by atoms with van der Waals surface area (Å²) in [7, 11) is -2.09. The first-order valence-electron chi connectivity index (χ1n) is 8.72. The van der Waals surface area contributed by atoms with Gasteiger partial charge in [0, 0.05) is 24.5 Å². The Kier molecular flexibility index (Phi) is 5.04. The molecule has 0 bridgehead atoms. The van der Waals surface area contributed by atoms with Gasteiger partial charge in [0.1, 0.15) is 0 Å². The molecule has 2 N–H and O–H groups in total. The fourth-order valence-corrected chi connectivity index (χ4v) is 4.62. The summed E-state index contributed by atoms with van der Waals surface area (Å²) >= 11 is 0. The van der Waals surface area contributed by atoms with Crippen molar-refractivity contribution in [2.45, 2.75) is 45.3 Å². The number of fused-ring (bicyclic) bond motifs is 1. The van der Waals surface area contributed by atoms with Crippen LogP contribution in [-0.2, 0) is 42.1 Å². The Morgan fingerprint density at radius 2 is 2.12 bits per heavy atom. The minimum atomic E-state index is -3.80. The molecule has 2 aromatic rings. The van der Waals surface area contributed by atoms with E-state index < -0.39 is 16.1 Å². The number of hydrogen-bond acceptors (Lipinski definition) is 4. The summed E-state index contributed by atoms with van der Waals surface area (Å²) in [6, 6.07) is 1.46. The number of anilines is 1. The van der Waals surface area contributed by atoms with E-state index in [0.717, 1.165) is 48.1 Å². The van der Waals surface area contributed by atoms with Gasteiger partial charge in [0.2, 0.25) is 10.0 Å². The number of rotatable bonds is 5. The number of sulfonamides is 1. The zero-order chi connectivity index (χ0) is 18.9. The average Bonchev–Trinajstić information content (AvgIpc) is 3.15. The third-order valence-electron chi connectivity index (χ3n) is 4.69. The minimum absolute atomic E-state index is 0.291. The molecule has 1 aromatic carbocycles. The van der Waals surface area contributed by atoms with E-state index in [1.807, 2.05) is 13.8 Å². The number of nitrogens with zero attached hydrogens (tertiary/aromatic N) is 2. The van der Waals surface area contributed by atoms with Gasteiger partial charge in [0.15, 0.2) is 0 Å². The Morgan fingerprint density at radius 3 is 2.77 bits per heavy atom. The molecule has 1 aromatic heterocycles. The van der Waals surface area contributed by atoms with Crippen molar-refractivity contribution >= 4 is 21.7 Å². The first kappa shape index (κ1) is 18.4. The average molecular weight is 376 g/mol. The van der Waals surface area contributed by atoms with E-state index in [1.54, 1.807) is 13.2 Å².